The normalized spacial score (nSPS) is 10.8. The summed E-state index contributed by atoms with van der Waals surface area (Å²) in [6.07, 6.45) is 0. The van der Waals surface area contributed by atoms with Crippen molar-refractivity contribution in [3.05, 3.63) is 138 Å². The number of aromatic amines is 2. The largest absolute Gasteiger partial charge is 0.381 e. The number of aryl methyl sites for hydroxylation is 2. The SMILES string of the molecule is Cc1cccc(CNc2ccc3c(=O)[nH]nc(Cl)c3c2)c1.Cc1cccc(CNc2ccc3c(Cl)n[nH]c(=O)c3c2)c1. The van der Waals surface area contributed by atoms with E-state index in [1.165, 1.54) is 22.3 Å². The third-order valence-corrected chi connectivity index (χ3v) is 7.22. The van der Waals surface area contributed by atoms with Gasteiger partial charge in [-0.2, -0.15) is 10.2 Å². The van der Waals surface area contributed by atoms with Crippen LogP contribution in [0.2, 0.25) is 10.3 Å². The van der Waals surface area contributed by atoms with Crippen LogP contribution in [0.25, 0.3) is 21.5 Å². The minimum Gasteiger partial charge on any atom is -0.381 e. The molecule has 2 aromatic heterocycles. The Labute approximate surface area is 251 Å². The van der Waals surface area contributed by atoms with Gasteiger partial charge in [0.2, 0.25) is 0 Å². The molecule has 10 heteroatoms. The number of rotatable bonds is 6. The van der Waals surface area contributed by atoms with E-state index in [4.69, 9.17) is 23.2 Å². The monoisotopic (exact) mass is 598 g/mol. The number of benzene rings is 4. The molecule has 212 valence electrons. The number of nitrogens with one attached hydrogen (secondary N) is 4. The Morgan fingerprint density at radius 1 is 0.595 bits per heavy atom. The van der Waals surface area contributed by atoms with E-state index in [9.17, 15) is 9.59 Å². The summed E-state index contributed by atoms with van der Waals surface area (Å²) in [6, 6.07) is 27.5. The molecule has 8 nitrogen and oxygen atoms in total. The van der Waals surface area contributed by atoms with Crippen molar-refractivity contribution in [3.63, 3.8) is 0 Å². The molecule has 0 saturated heterocycles. The highest BCUT2D eigenvalue weighted by molar-refractivity contribution is 6.34. The number of halogens is 2. The first kappa shape index (κ1) is 28.9. The molecule has 0 bridgehead atoms. The van der Waals surface area contributed by atoms with E-state index in [0.717, 1.165) is 11.4 Å². The Bertz CT molecular complexity index is 2000. The zero-order valence-corrected chi connectivity index (χ0v) is 24.5. The highest BCUT2D eigenvalue weighted by Crippen LogP contribution is 2.23. The standard InChI is InChI=1S/2C16H14ClN3O/c1-10-3-2-4-11(7-10)9-18-12-5-6-13-14(8-12)15(17)19-20-16(13)21;1-10-3-2-4-11(7-10)9-18-12-5-6-13-14(8-12)16(21)20-19-15(13)17/h2*2-8,18H,9H2,1H3,(H,20,21). The van der Waals surface area contributed by atoms with Crippen molar-refractivity contribution in [2.45, 2.75) is 26.9 Å². The quantitative estimate of drug-likeness (QED) is 0.164. The molecule has 0 unspecified atom stereocenters. The Morgan fingerprint density at radius 2 is 1.07 bits per heavy atom. The van der Waals surface area contributed by atoms with Crippen LogP contribution in [0.5, 0.6) is 0 Å². The molecule has 4 aromatic carbocycles. The molecular formula is C32H28Cl2N6O2. The number of hydrogen-bond donors (Lipinski definition) is 4. The highest BCUT2D eigenvalue weighted by atomic mass is 35.5. The Kier molecular flexibility index (Phi) is 8.85. The van der Waals surface area contributed by atoms with Gasteiger partial charge in [0.05, 0.1) is 10.8 Å². The van der Waals surface area contributed by atoms with Gasteiger partial charge in [0, 0.05) is 35.2 Å². The molecular weight excluding hydrogens is 571 g/mol. The van der Waals surface area contributed by atoms with Gasteiger partial charge < -0.3 is 10.6 Å². The summed E-state index contributed by atoms with van der Waals surface area (Å²) in [5.41, 5.74) is 6.14. The smallest absolute Gasteiger partial charge is 0.272 e. The van der Waals surface area contributed by atoms with Crippen molar-refractivity contribution in [1.82, 2.24) is 20.4 Å². The summed E-state index contributed by atoms with van der Waals surface area (Å²) in [5.74, 6) is 0. The van der Waals surface area contributed by atoms with E-state index in [1.54, 1.807) is 18.2 Å². The lowest BCUT2D eigenvalue weighted by Crippen LogP contribution is -2.09. The van der Waals surface area contributed by atoms with E-state index < -0.39 is 0 Å². The maximum Gasteiger partial charge on any atom is 0.272 e. The van der Waals surface area contributed by atoms with Gasteiger partial charge in [-0.3, -0.25) is 9.59 Å². The predicted octanol–water partition coefficient (Wildman–Crippen LogP) is 6.99. The fourth-order valence-corrected chi connectivity index (χ4v) is 4.94. The summed E-state index contributed by atoms with van der Waals surface area (Å²) in [5, 5.41) is 21.9. The zero-order chi connectivity index (χ0) is 29.6. The average molecular weight is 600 g/mol. The summed E-state index contributed by atoms with van der Waals surface area (Å²) >= 11 is 12.0. The molecule has 0 aliphatic rings. The molecule has 0 radical (unpaired) electrons. The first-order chi connectivity index (χ1) is 20.3. The third kappa shape index (κ3) is 6.97. The van der Waals surface area contributed by atoms with Crippen molar-refractivity contribution in [2.75, 3.05) is 10.6 Å². The minimum absolute atomic E-state index is 0.236. The summed E-state index contributed by atoms with van der Waals surface area (Å²) in [6.45, 7) is 5.54. The van der Waals surface area contributed by atoms with Crippen LogP contribution in [-0.4, -0.2) is 20.4 Å². The van der Waals surface area contributed by atoms with Crippen LogP contribution in [-0.2, 0) is 13.1 Å². The van der Waals surface area contributed by atoms with Crippen molar-refractivity contribution in [3.8, 4) is 0 Å². The molecule has 0 spiro atoms. The molecule has 0 aliphatic heterocycles. The Hall–Kier alpha value is -4.66. The Morgan fingerprint density at radius 3 is 1.62 bits per heavy atom. The van der Waals surface area contributed by atoms with Crippen molar-refractivity contribution in [1.29, 1.82) is 0 Å². The van der Waals surface area contributed by atoms with Gasteiger partial charge in [-0.05, 0) is 61.4 Å². The minimum atomic E-state index is -0.242. The average Bonchev–Trinajstić information content (AvgIpc) is 2.99. The topological polar surface area (TPSA) is 116 Å². The summed E-state index contributed by atoms with van der Waals surface area (Å²) in [4.78, 5) is 23.5. The second-order valence-electron chi connectivity index (χ2n) is 9.89. The first-order valence-corrected chi connectivity index (χ1v) is 14.0. The third-order valence-electron chi connectivity index (χ3n) is 6.64. The van der Waals surface area contributed by atoms with Crippen LogP contribution in [0.3, 0.4) is 0 Å². The van der Waals surface area contributed by atoms with Gasteiger partial charge in [0.1, 0.15) is 0 Å². The van der Waals surface area contributed by atoms with Gasteiger partial charge in [-0.1, -0.05) is 82.9 Å². The lowest BCUT2D eigenvalue weighted by atomic mass is 10.1. The van der Waals surface area contributed by atoms with Gasteiger partial charge in [-0.15, -0.1) is 0 Å². The molecule has 4 N–H and O–H groups in total. The van der Waals surface area contributed by atoms with E-state index in [-0.39, 0.29) is 11.1 Å². The first-order valence-electron chi connectivity index (χ1n) is 13.2. The van der Waals surface area contributed by atoms with Crippen LogP contribution >= 0.6 is 23.2 Å². The molecule has 2 heterocycles. The van der Waals surface area contributed by atoms with E-state index in [0.29, 0.717) is 44.9 Å². The molecule has 0 atom stereocenters. The second kappa shape index (κ2) is 12.9. The fraction of sp³-hybridized carbons (Fsp3) is 0.125. The number of aromatic nitrogens is 4. The Balaban J connectivity index is 0.000000168. The zero-order valence-electron chi connectivity index (χ0n) is 23.0. The fourth-order valence-electron chi connectivity index (χ4n) is 4.54. The van der Waals surface area contributed by atoms with Crippen LogP contribution in [0.4, 0.5) is 11.4 Å². The number of hydrogen-bond acceptors (Lipinski definition) is 6. The molecule has 42 heavy (non-hydrogen) atoms. The maximum absolute atomic E-state index is 11.8. The maximum atomic E-state index is 11.8. The van der Waals surface area contributed by atoms with Gasteiger partial charge in [-0.25, -0.2) is 10.2 Å². The molecule has 0 saturated carbocycles. The lowest BCUT2D eigenvalue weighted by molar-refractivity contribution is 1.01. The number of fused-ring (bicyclic) bond motifs is 2. The van der Waals surface area contributed by atoms with Crippen molar-refractivity contribution < 1.29 is 0 Å². The number of anilines is 2. The van der Waals surface area contributed by atoms with E-state index >= 15 is 0 Å². The summed E-state index contributed by atoms with van der Waals surface area (Å²) in [7, 11) is 0. The highest BCUT2D eigenvalue weighted by Gasteiger charge is 2.07. The van der Waals surface area contributed by atoms with Gasteiger partial charge >= 0.3 is 0 Å². The lowest BCUT2D eigenvalue weighted by Gasteiger charge is -2.08. The van der Waals surface area contributed by atoms with Crippen molar-refractivity contribution in [2.24, 2.45) is 0 Å². The number of nitrogens with zero attached hydrogens (tertiary/aromatic N) is 2. The molecule has 6 rings (SSSR count). The van der Waals surface area contributed by atoms with Gasteiger partial charge in [0.25, 0.3) is 11.1 Å². The van der Waals surface area contributed by atoms with Crippen LogP contribution in [0.15, 0.2) is 94.5 Å². The molecule has 6 aromatic rings. The van der Waals surface area contributed by atoms with E-state index in [1.807, 2.05) is 30.3 Å². The molecule has 0 fully saturated rings. The molecule has 0 aliphatic carbocycles. The predicted molar refractivity (Wildman–Crippen MR) is 172 cm³/mol. The van der Waals surface area contributed by atoms with Crippen LogP contribution < -0.4 is 21.8 Å². The van der Waals surface area contributed by atoms with E-state index in [2.05, 4.69) is 81.3 Å². The van der Waals surface area contributed by atoms with Crippen molar-refractivity contribution >= 4 is 56.1 Å². The second-order valence-corrected chi connectivity index (χ2v) is 10.6. The number of H-pyrrole nitrogens is 2. The summed E-state index contributed by atoms with van der Waals surface area (Å²) < 4.78 is 0. The van der Waals surface area contributed by atoms with Crippen LogP contribution in [0, 0.1) is 13.8 Å². The van der Waals surface area contributed by atoms with Crippen LogP contribution in [0.1, 0.15) is 22.3 Å². The van der Waals surface area contributed by atoms with Gasteiger partial charge in [0.15, 0.2) is 10.3 Å². The molecule has 0 amide bonds.